The van der Waals surface area contributed by atoms with Gasteiger partial charge in [-0.3, -0.25) is 0 Å². The van der Waals surface area contributed by atoms with E-state index in [1.54, 1.807) is 24.3 Å². The molecular weight excluding hydrogens is 165 g/mol. The average molecular weight is 171 g/mol. The van der Waals surface area contributed by atoms with Gasteiger partial charge in [-0.05, 0) is 12.1 Å². The molecule has 0 amide bonds. The van der Waals surface area contributed by atoms with E-state index in [4.69, 9.17) is 9.90 Å². The number of hydrogen-bond donors (Lipinski definition) is 1. The summed E-state index contributed by atoms with van der Waals surface area (Å²) >= 11 is 0. The predicted octanol–water partition coefficient (Wildman–Crippen LogP) is 1.78. The summed E-state index contributed by atoms with van der Waals surface area (Å²) in [5, 5.41) is 8.29. The summed E-state index contributed by atoms with van der Waals surface area (Å²) in [6.45, 7) is 0. The maximum atomic E-state index is 8.29. The van der Waals surface area contributed by atoms with Gasteiger partial charge in [0.25, 0.3) is 0 Å². The van der Waals surface area contributed by atoms with Gasteiger partial charge in [-0.25, -0.2) is 0 Å². The zero-order valence-electron chi connectivity index (χ0n) is 5.54. The molecule has 0 saturated carbocycles. The van der Waals surface area contributed by atoms with Crippen LogP contribution in [0.15, 0.2) is 30.3 Å². The lowest BCUT2D eigenvalue weighted by molar-refractivity contribution is -0.0946. The minimum atomic E-state index is -2.45. The van der Waals surface area contributed by atoms with Gasteiger partial charge in [0, 0.05) is 0 Å². The highest BCUT2D eigenvalue weighted by molar-refractivity contribution is 7.30. The van der Waals surface area contributed by atoms with Crippen LogP contribution in [0.5, 0.6) is 5.75 Å². The SMILES string of the molecule is N#P(O)OOc1ccccc1. The van der Waals surface area contributed by atoms with Crippen molar-refractivity contribution < 1.29 is 14.5 Å². The number of hydrogen-bond acceptors (Lipinski definition) is 4. The maximum Gasteiger partial charge on any atom is 0.374 e. The van der Waals surface area contributed by atoms with Gasteiger partial charge in [0.2, 0.25) is 0 Å². The zero-order chi connectivity index (χ0) is 8.10. The summed E-state index contributed by atoms with van der Waals surface area (Å²) in [7, 11) is -2.45. The van der Waals surface area contributed by atoms with Gasteiger partial charge in [-0.2, -0.15) is 5.00 Å². The van der Waals surface area contributed by atoms with Crippen LogP contribution in [-0.2, 0) is 4.67 Å². The van der Waals surface area contributed by atoms with Crippen molar-refractivity contribution >= 4 is 8.01 Å². The lowest BCUT2D eigenvalue weighted by Crippen LogP contribution is -1.86. The van der Waals surface area contributed by atoms with E-state index in [9.17, 15) is 0 Å². The molecule has 0 spiro atoms. The van der Waals surface area contributed by atoms with E-state index in [-0.39, 0.29) is 0 Å². The minimum Gasteiger partial charge on any atom is -0.325 e. The molecule has 0 aromatic heterocycles. The normalized spacial score (nSPS) is 10.7. The van der Waals surface area contributed by atoms with Crippen molar-refractivity contribution in [1.82, 2.24) is 0 Å². The molecule has 0 bridgehead atoms. The van der Waals surface area contributed by atoms with Gasteiger partial charge in [-0.15, -0.1) is 0 Å². The topological polar surface area (TPSA) is 62.5 Å². The molecule has 1 N–H and O–H groups in total. The van der Waals surface area contributed by atoms with Crippen molar-refractivity contribution in [2.75, 3.05) is 0 Å². The fraction of sp³-hybridized carbons (Fsp3) is 0. The Balaban J connectivity index is 2.47. The van der Waals surface area contributed by atoms with Crippen molar-refractivity contribution in [3.63, 3.8) is 0 Å². The van der Waals surface area contributed by atoms with E-state index >= 15 is 0 Å². The second kappa shape index (κ2) is 3.96. The van der Waals surface area contributed by atoms with Crippen molar-refractivity contribution in [2.24, 2.45) is 0 Å². The molecule has 4 nitrogen and oxygen atoms in total. The molecule has 1 aromatic rings. The molecule has 0 aliphatic heterocycles. The molecule has 1 aromatic carbocycles. The van der Waals surface area contributed by atoms with Crippen molar-refractivity contribution in [3.05, 3.63) is 30.3 Å². The second-order valence-electron chi connectivity index (χ2n) is 1.72. The van der Waals surface area contributed by atoms with Gasteiger partial charge in [0.1, 0.15) is 0 Å². The Hall–Kier alpha value is -1.05. The van der Waals surface area contributed by atoms with Gasteiger partial charge in [-0.1, -0.05) is 22.9 Å². The highest BCUT2D eigenvalue weighted by Gasteiger charge is 1.93. The van der Waals surface area contributed by atoms with E-state index in [1.807, 2.05) is 6.07 Å². The van der Waals surface area contributed by atoms with Crippen LogP contribution in [-0.4, -0.2) is 4.89 Å². The lowest BCUT2D eigenvalue weighted by atomic mass is 10.3. The third-order valence-corrected chi connectivity index (χ3v) is 1.15. The molecule has 58 valence electrons. The Labute approximate surface area is 64.4 Å². The fourth-order valence-electron chi connectivity index (χ4n) is 0.552. The van der Waals surface area contributed by atoms with Gasteiger partial charge in [0.15, 0.2) is 5.75 Å². The summed E-state index contributed by atoms with van der Waals surface area (Å²) in [5.41, 5.74) is 0. The lowest BCUT2D eigenvalue weighted by Gasteiger charge is -1.97. The smallest absolute Gasteiger partial charge is 0.325 e. The van der Waals surface area contributed by atoms with Crippen LogP contribution in [0.3, 0.4) is 0 Å². The molecule has 1 rings (SSSR count). The van der Waals surface area contributed by atoms with E-state index < -0.39 is 8.01 Å². The molecule has 0 heterocycles. The first kappa shape index (κ1) is 8.05. The van der Waals surface area contributed by atoms with E-state index in [2.05, 4.69) is 9.56 Å². The summed E-state index contributed by atoms with van der Waals surface area (Å²) in [6, 6.07) is 8.58. The van der Waals surface area contributed by atoms with Crippen molar-refractivity contribution in [3.8, 4) is 5.75 Å². The van der Waals surface area contributed by atoms with Crippen LogP contribution in [0.2, 0.25) is 0 Å². The second-order valence-corrected chi connectivity index (χ2v) is 2.38. The Morgan fingerprint density at radius 1 is 1.27 bits per heavy atom. The van der Waals surface area contributed by atoms with Crippen LogP contribution in [0.25, 0.3) is 0 Å². The van der Waals surface area contributed by atoms with Gasteiger partial charge in [0.05, 0.1) is 0 Å². The van der Waals surface area contributed by atoms with E-state index in [0.717, 1.165) is 0 Å². The molecular formula is C6H6NO3P. The van der Waals surface area contributed by atoms with Crippen LogP contribution in [0.1, 0.15) is 0 Å². The van der Waals surface area contributed by atoms with Crippen LogP contribution in [0, 0.1) is 5.00 Å². The number of nitrogens with zero attached hydrogens (tertiary/aromatic N) is 1. The Morgan fingerprint density at radius 2 is 1.91 bits per heavy atom. The highest BCUT2D eigenvalue weighted by atomic mass is 31.1. The molecule has 5 heteroatoms. The fourth-order valence-corrected chi connectivity index (χ4v) is 0.705. The molecule has 0 aliphatic carbocycles. The molecule has 0 radical (unpaired) electrons. The molecule has 0 fully saturated rings. The number of benzene rings is 1. The molecule has 0 aliphatic rings. The summed E-state index contributed by atoms with van der Waals surface area (Å²) in [4.78, 5) is 12.8. The summed E-state index contributed by atoms with van der Waals surface area (Å²) in [5.74, 6) is 0.433. The first-order chi connectivity index (χ1) is 5.29. The molecule has 1 unspecified atom stereocenters. The standard InChI is InChI=1S/C6H6NO3P/c7-11(8)10-9-6-4-2-1-3-5-6/h1-5,8H. The van der Waals surface area contributed by atoms with E-state index in [1.165, 1.54) is 0 Å². The predicted molar refractivity (Wildman–Crippen MR) is 39.0 cm³/mol. The largest absolute Gasteiger partial charge is 0.374 e. The third-order valence-electron chi connectivity index (χ3n) is 0.943. The average Bonchev–Trinajstić information content (AvgIpc) is 2.03. The van der Waals surface area contributed by atoms with E-state index in [0.29, 0.717) is 5.75 Å². The zero-order valence-corrected chi connectivity index (χ0v) is 6.44. The monoisotopic (exact) mass is 171 g/mol. The highest BCUT2D eigenvalue weighted by Crippen LogP contribution is 2.16. The maximum absolute atomic E-state index is 8.29. The molecule has 11 heavy (non-hydrogen) atoms. The van der Waals surface area contributed by atoms with Crippen molar-refractivity contribution in [2.45, 2.75) is 0 Å². The summed E-state index contributed by atoms with van der Waals surface area (Å²) in [6.07, 6.45) is 0. The molecule has 0 saturated heterocycles. The number of para-hydroxylation sites is 1. The quantitative estimate of drug-likeness (QED) is 0.418. The Kier molecular flexibility index (Phi) is 2.90. The minimum absolute atomic E-state index is 0.433. The van der Waals surface area contributed by atoms with Crippen LogP contribution >= 0.6 is 8.01 Å². The summed E-state index contributed by atoms with van der Waals surface area (Å²) < 4.78 is 4.10. The van der Waals surface area contributed by atoms with Gasteiger partial charge >= 0.3 is 8.01 Å². The van der Waals surface area contributed by atoms with Crippen LogP contribution in [0.4, 0.5) is 0 Å². The molecule has 1 atom stereocenters. The Morgan fingerprint density at radius 3 is 2.45 bits per heavy atom. The first-order valence-electron chi connectivity index (χ1n) is 2.86. The third kappa shape index (κ3) is 3.03. The first-order valence-corrected chi connectivity index (χ1v) is 4.03. The van der Waals surface area contributed by atoms with Crippen molar-refractivity contribution in [1.29, 1.82) is 5.00 Å². The van der Waals surface area contributed by atoms with Crippen LogP contribution < -0.4 is 4.89 Å². The number of rotatable bonds is 2. The van der Waals surface area contributed by atoms with Gasteiger partial charge < -0.3 is 9.78 Å². The Bertz CT molecular complexity index is 279.